The fourth-order valence-electron chi connectivity index (χ4n) is 1.83. The molecule has 1 unspecified atom stereocenters. The maximum atomic E-state index is 11.9. The maximum Gasteiger partial charge on any atom is 0.239 e. The molecule has 4 nitrogen and oxygen atoms in total. The summed E-state index contributed by atoms with van der Waals surface area (Å²) < 4.78 is 5.28. The molecule has 0 radical (unpaired) electrons. The largest absolute Gasteiger partial charge is 0.380 e. The lowest BCUT2D eigenvalue weighted by Gasteiger charge is -2.34. The van der Waals surface area contributed by atoms with Crippen LogP contribution in [0.4, 0.5) is 0 Å². The first-order valence-corrected chi connectivity index (χ1v) is 5.63. The van der Waals surface area contributed by atoms with Crippen LogP contribution >= 0.6 is 0 Å². The summed E-state index contributed by atoms with van der Waals surface area (Å²) in [5, 5.41) is 0. The lowest BCUT2D eigenvalue weighted by Crippen LogP contribution is -2.51. The smallest absolute Gasteiger partial charge is 0.239 e. The Balaban J connectivity index is 2.52. The lowest BCUT2D eigenvalue weighted by molar-refractivity contribution is -0.137. The monoisotopic (exact) mass is 214 g/mol. The molecule has 0 spiro atoms. The van der Waals surface area contributed by atoms with Gasteiger partial charge in [0.25, 0.3) is 0 Å². The van der Waals surface area contributed by atoms with Crippen molar-refractivity contribution in [3.63, 3.8) is 0 Å². The molecule has 4 heteroatoms. The summed E-state index contributed by atoms with van der Waals surface area (Å²) in [6, 6.07) is -0.374. The van der Waals surface area contributed by atoms with Crippen molar-refractivity contribution in [1.82, 2.24) is 4.90 Å². The molecule has 0 aliphatic carbocycles. The zero-order chi connectivity index (χ0) is 11.4. The molecule has 2 atom stereocenters. The number of methoxy groups -OCH3 is 1. The van der Waals surface area contributed by atoms with Gasteiger partial charge in [0.05, 0.1) is 12.1 Å². The molecular formula is C11H22N2O2. The second-order valence-corrected chi connectivity index (χ2v) is 4.55. The predicted molar refractivity (Wildman–Crippen MR) is 59.4 cm³/mol. The predicted octanol–water partition coefficient (Wildman–Crippen LogP) is 0.607. The van der Waals surface area contributed by atoms with Gasteiger partial charge in [0.2, 0.25) is 5.91 Å². The molecule has 15 heavy (non-hydrogen) atoms. The molecule has 1 saturated heterocycles. The van der Waals surface area contributed by atoms with Gasteiger partial charge < -0.3 is 15.4 Å². The Labute approximate surface area is 91.8 Å². The molecule has 1 amide bonds. The SMILES string of the molecule is COC1CCCN(C(=O)[C@@H](N)C(C)C)C1. The van der Waals surface area contributed by atoms with Crippen LogP contribution in [0.1, 0.15) is 26.7 Å². The van der Waals surface area contributed by atoms with E-state index >= 15 is 0 Å². The second kappa shape index (κ2) is 5.47. The number of carbonyl (C=O) groups is 1. The van der Waals surface area contributed by atoms with Gasteiger partial charge in [0.15, 0.2) is 0 Å². The Morgan fingerprint density at radius 1 is 1.53 bits per heavy atom. The zero-order valence-electron chi connectivity index (χ0n) is 9.90. The quantitative estimate of drug-likeness (QED) is 0.749. The third kappa shape index (κ3) is 3.18. The van der Waals surface area contributed by atoms with Crippen molar-refractivity contribution in [1.29, 1.82) is 0 Å². The maximum absolute atomic E-state index is 11.9. The van der Waals surface area contributed by atoms with Gasteiger partial charge in [0.1, 0.15) is 0 Å². The van der Waals surface area contributed by atoms with E-state index in [-0.39, 0.29) is 24.0 Å². The summed E-state index contributed by atoms with van der Waals surface area (Å²) in [4.78, 5) is 13.8. The first-order chi connectivity index (χ1) is 7.06. The third-order valence-corrected chi connectivity index (χ3v) is 3.03. The van der Waals surface area contributed by atoms with Crippen LogP contribution in [0, 0.1) is 5.92 Å². The van der Waals surface area contributed by atoms with E-state index in [0.29, 0.717) is 6.54 Å². The highest BCUT2D eigenvalue weighted by molar-refractivity contribution is 5.82. The molecule has 88 valence electrons. The van der Waals surface area contributed by atoms with Gasteiger partial charge in [-0.25, -0.2) is 0 Å². The van der Waals surface area contributed by atoms with Crippen LogP contribution in [-0.2, 0) is 9.53 Å². The average molecular weight is 214 g/mol. The standard InChI is InChI=1S/C11H22N2O2/c1-8(2)10(12)11(14)13-6-4-5-9(7-13)15-3/h8-10H,4-7,12H2,1-3H3/t9?,10-/m0/s1. The highest BCUT2D eigenvalue weighted by Gasteiger charge is 2.28. The number of rotatable bonds is 3. The number of ether oxygens (including phenoxy) is 1. The van der Waals surface area contributed by atoms with Crippen molar-refractivity contribution >= 4 is 5.91 Å². The Hall–Kier alpha value is -0.610. The molecule has 0 aromatic heterocycles. The molecule has 0 saturated carbocycles. The number of amides is 1. The van der Waals surface area contributed by atoms with Crippen molar-refractivity contribution < 1.29 is 9.53 Å². The van der Waals surface area contributed by atoms with Gasteiger partial charge in [-0.3, -0.25) is 4.79 Å². The summed E-state index contributed by atoms with van der Waals surface area (Å²) in [5.74, 6) is 0.257. The molecule has 0 aromatic carbocycles. The Morgan fingerprint density at radius 2 is 2.20 bits per heavy atom. The fourth-order valence-corrected chi connectivity index (χ4v) is 1.83. The van der Waals surface area contributed by atoms with E-state index in [1.54, 1.807) is 7.11 Å². The molecule has 1 heterocycles. The molecule has 2 N–H and O–H groups in total. The van der Waals surface area contributed by atoms with E-state index in [1.165, 1.54) is 0 Å². The Kier molecular flexibility index (Phi) is 4.54. The van der Waals surface area contributed by atoms with Gasteiger partial charge >= 0.3 is 0 Å². The number of hydrogen-bond acceptors (Lipinski definition) is 3. The minimum atomic E-state index is -0.374. The summed E-state index contributed by atoms with van der Waals surface area (Å²) in [7, 11) is 1.70. The minimum absolute atomic E-state index is 0.0618. The van der Waals surface area contributed by atoms with Crippen molar-refractivity contribution in [3.8, 4) is 0 Å². The van der Waals surface area contributed by atoms with Crippen LogP contribution in [0.2, 0.25) is 0 Å². The van der Waals surface area contributed by atoms with Crippen molar-refractivity contribution in [2.45, 2.75) is 38.8 Å². The van der Waals surface area contributed by atoms with Crippen LogP contribution in [-0.4, -0.2) is 43.2 Å². The van der Waals surface area contributed by atoms with E-state index in [0.717, 1.165) is 19.4 Å². The van der Waals surface area contributed by atoms with Crippen molar-refractivity contribution in [3.05, 3.63) is 0 Å². The lowest BCUT2D eigenvalue weighted by atomic mass is 10.0. The van der Waals surface area contributed by atoms with Gasteiger partial charge in [-0.1, -0.05) is 13.8 Å². The van der Waals surface area contributed by atoms with E-state index in [4.69, 9.17) is 10.5 Å². The highest BCUT2D eigenvalue weighted by atomic mass is 16.5. The van der Waals surface area contributed by atoms with Crippen LogP contribution in [0.5, 0.6) is 0 Å². The summed E-state index contributed by atoms with van der Waals surface area (Å²) in [5.41, 5.74) is 5.85. The number of nitrogens with two attached hydrogens (primary N) is 1. The number of carbonyl (C=O) groups excluding carboxylic acids is 1. The second-order valence-electron chi connectivity index (χ2n) is 4.55. The molecule has 0 bridgehead atoms. The number of hydrogen-bond donors (Lipinski definition) is 1. The summed E-state index contributed by atoms with van der Waals surface area (Å²) in [6.07, 6.45) is 2.23. The molecule has 1 aliphatic rings. The fraction of sp³-hybridized carbons (Fsp3) is 0.909. The number of piperidine rings is 1. The van der Waals surface area contributed by atoms with Crippen LogP contribution in [0.25, 0.3) is 0 Å². The third-order valence-electron chi connectivity index (χ3n) is 3.03. The molecule has 1 aliphatic heterocycles. The van der Waals surface area contributed by atoms with Gasteiger partial charge in [0, 0.05) is 20.2 Å². The first-order valence-electron chi connectivity index (χ1n) is 5.63. The van der Waals surface area contributed by atoms with E-state index in [2.05, 4.69) is 0 Å². The summed E-state index contributed by atoms with van der Waals surface area (Å²) in [6.45, 7) is 5.45. The zero-order valence-corrected chi connectivity index (χ0v) is 9.90. The molecule has 0 aromatic rings. The molecule has 1 fully saturated rings. The van der Waals surface area contributed by atoms with Crippen LogP contribution in [0.15, 0.2) is 0 Å². The topological polar surface area (TPSA) is 55.6 Å². The molecule has 1 rings (SSSR count). The van der Waals surface area contributed by atoms with Crippen LogP contribution < -0.4 is 5.73 Å². The van der Waals surface area contributed by atoms with E-state index in [9.17, 15) is 4.79 Å². The van der Waals surface area contributed by atoms with Crippen molar-refractivity contribution in [2.24, 2.45) is 11.7 Å². The minimum Gasteiger partial charge on any atom is -0.380 e. The summed E-state index contributed by atoms with van der Waals surface area (Å²) >= 11 is 0. The van der Waals surface area contributed by atoms with E-state index < -0.39 is 0 Å². The number of likely N-dealkylation sites (tertiary alicyclic amines) is 1. The van der Waals surface area contributed by atoms with Gasteiger partial charge in [-0.15, -0.1) is 0 Å². The normalized spacial score (nSPS) is 24.3. The Bertz CT molecular complexity index is 219. The number of nitrogens with zero attached hydrogens (tertiary/aromatic N) is 1. The van der Waals surface area contributed by atoms with Crippen LogP contribution in [0.3, 0.4) is 0 Å². The van der Waals surface area contributed by atoms with E-state index in [1.807, 2.05) is 18.7 Å². The highest BCUT2D eigenvalue weighted by Crippen LogP contribution is 2.14. The Morgan fingerprint density at radius 3 is 2.73 bits per heavy atom. The van der Waals surface area contributed by atoms with Gasteiger partial charge in [-0.2, -0.15) is 0 Å². The van der Waals surface area contributed by atoms with Crippen molar-refractivity contribution in [2.75, 3.05) is 20.2 Å². The molecular weight excluding hydrogens is 192 g/mol. The average Bonchev–Trinajstić information content (AvgIpc) is 2.27. The van der Waals surface area contributed by atoms with Gasteiger partial charge in [-0.05, 0) is 18.8 Å². The first kappa shape index (κ1) is 12.5.